The average Bonchev–Trinajstić information content (AvgIpc) is 3.28. The van der Waals surface area contributed by atoms with E-state index in [1.54, 1.807) is 7.11 Å². The van der Waals surface area contributed by atoms with Crippen LogP contribution in [0.15, 0.2) is 40.4 Å². The number of methoxy groups -OCH3 is 1. The molecule has 1 fully saturated rings. The molecule has 1 aromatic carbocycles. The Kier molecular flexibility index (Phi) is 8.85. The maximum absolute atomic E-state index is 11.3. The van der Waals surface area contributed by atoms with E-state index < -0.39 is 0 Å². The molecule has 3 aromatic rings. The molecule has 1 saturated heterocycles. The van der Waals surface area contributed by atoms with Crippen molar-refractivity contribution < 1.29 is 9.53 Å². The largest absolute Gasteiger partial charge is 0.490 e. The number of H-pyrrole nitrogens is 1. The molecule has 1 amide bonds. The summed E-state index contributed by atoms with van der Waals surface area (Å²) in [5, 5.41) is 13.9. The highest BCUT2D eigenvalue weighted by molar-refractivity contribution is 7.99. The Morgan fingerprint density at radius 1 is 1.16 bits per heavy atom. The van der Waals surface area contributed by atoms with Gasteiger partial charge in [-0.05, 0) is 57.0 Å². The lowest BCUT2D eigenvalue weighted by Gasteiger charge is -2.36. The molecule has 0 unspecified atom stereocenters. The van der Waals surface area contributed by atoms with Crippen LogP contribution in [0.4, 0.5) is 23.1 Å². The van der Waals surface area contributed by atoms with Gasteiger partial charge in [0.05, 0.1) is 7.11 Å². The zero-order chi connectivity index (χ0) is 26.4. The number of aromatic amines is 1. The van der Waals surface area contributed by atoms with Crippen molar-refractivity contribution in [3.8, 4) is 5.75 Å². The molecule has 0 atom stereocenters. The van der Waals surface area contributed by atoms with Gasteiger partial charge in [-0.1, -0.05) is 0 Å². The van der Waals surface area contributed by atoms with Crippen LogP contribution in [0.25, 0.3) is 0 Å². The van der Waals surface area contributed by atoms with Crippen LogP contribution in [0.2, 0.25) is 0 Å². The molecule has 12 heteroatoms. The van der Waals surface area contributed by atoms with Crippen molar-refractivity contribution in [2.45, 2.75) is 23.9 Å². The standard InChI is InChI=1S/C25H35N9O2S/c1-17-16-21(31-30-17)27-23-22(36-5)24(34-14-12-33(13-15-34)11-10-32(3)4)29-25(28-23)37-20-8-6-19(7-9-20)26-18(2)35/h6-9,16H,10-15H2,1-5H3,(H,26,35)(H2,27,28,29,30,31). The molecule has 0 spiro atoms. The van der Waals surface area contributed by atoms with Gasteiger partial charge in [-0.2, -0.15) is 5.10 Å². The molecule has 2 aromatic heterocycles. The minimum absolute atomic E-state index is 0.102. The molecule has 0 radical (unpaired) electrons. The number of benzene rings is 1. The summed E-state index contributed by atoms with van der Waals surface area (Å²) < 4.78 is 5.84. The Bertz CT molecular complexity index is 1190. The minimum atomic E-state index is -0.102. The number of ether oxygens (including phenoxy) is 1. The van der Waals surface area contributed by atoms with Crippen molar-refractivity contribution >= 4 is 40.8 Å². The highest BCUT2D eigenvalue weighted by atomic mass is 32.2. The molecule has 3 N–H and O–H groups in total. The molecule has 1 aliphatic rings. The van der Waals surface area contributed by atoms with E-state index >= 15 is 0 Å². The number of nitrogens with one attached hydrogen (secondary N) is 3. The van der Waals surface area contributed by atoms with E-state index in [1.807, 2.05) is 37.3 Å². The predicted octanol–water partition coefficient (Wildman–Crippen LogP) is 3.05. The number of carbonyl (C=O) groups is 1. The zero-order valence-electron chi connectivity index (χ0n) is 22.0. The lowest BCUT2D eigenvalue weighted by atomic mass is 10.3. The maximum atomic E-state index is 11.3. The highest BCUT2D eigenvalue weighted by Crippen LogP contribution is 2.38. The van der Waals surface area contributed by atoms with E-state index in [2.05, 4.69) is 49.6 Å². The fourth-order valence-corrected chi connectivity index (χ4v) is 4.75. The summed E-state index contributed by atoms with van der Waals surface area (Å²) in [7, 11) is 5.85. The van der Waals surface area contributed by atoms with E-state index in [1.165, 1.54) is 18.7 Å². The van der Waals surface area contributed by atoms with Crippen molar-refractivity contribution in [2.75, 3.05) is 76.0 Å². The van der Waals surface area contributed by atoms with E-state index in [-0.39, 0.29) is 5.91 Å². The summed E-state index contributed by atoms with van der Waals surface area (Å²) in [5.41, 5.74) is 1.69. The van der Waals surface area contributed by atoms with Crippen LogP contribution in [-0.2, 0) is 4.79 Å². The number of hydrogen-bond donors (Lipinski definition) is 3. The molecular formula is C25H35N9O2S. The number of aryl methyl sites for hydroxylation is 1. The smallest absolute Gasteiger partial charge is 0.221 e. The predicted molar refractivity (Wildman–Crippen MR) is 147 cm³/mol. The van der Waals surface area contributed by atoms with E-state index in [4.69, 9.17) is 14.7 Å². The Morgan fingerprint density at radius 2 is 1.89 bits per heavy atom. The first-order valence-electron chi connectivity index (χ1n) is 12.2. The van der Waals surface area contributed by atoms with Gasteiger partial charge < -0.3 is 25.2 Å². The summed E-state index contributed by atoms with van der Waals surface area (Å²) in [6, 6.07) is 9.53. The van der Waals surface area contributed by atoms with Crippen molar-refractivity contribution in [3.63, 3.8) is 0 Å². The third-order valence-corrected chi connectivity index (χ3v) is 6.78. The number of nitrogens with zero attached hydrogens (tertiary/aromatic N) is 6. The van der Waals surface area contributed by atoms with Gasteiger partial charge in [0.1, 0.15) is 0 Å². The number of amides is 1. The Labute approximate surface area is 222 Å². The number of hydrogen-bond acceptors (Lipinski definition) is 10. The molecule has 0 aliphatic carbocycles. The number of piperazine rings is 1. The molecule has 37 heavy (non-hydrogen) atoms. The van der Waals surface area contributed by atoms with Crippen LogP contribution in [0, 0.1) is 6.92 Å². The number of rotatable bonds is 10. The summed E-state index contributed by atoms with van der Waals surface area (Å²) in [6.45, 7) is 9.12. The SMILES string of the molecule is COc1c(Nc2cc(C)[nH]n2)nc(Sc2ccc(NC(C)=O)cc2)nc1N1CCN(CCN(C)C)CC1. The quantitative estimate of drug-likeness (QED) is 0.341. The van der Waals surface area contributed by atoms with Crippen molar-refractivity contribution in [1.29, 1.82) is 0 Å². The van der Waals surface area contributed by atoms with Crippen LogP contribution < -0.4 is 20.3 Å². The van der Waals surface area contributed by atoms with Crippen molar-refractivity contribution in [2.24, 2.45) is 0 Å². The lowest BCUT2D eigenvalue weighted by molar-refractivity contribution is -0.114. The summed E-state index contributed by atoms with van der Waals surface area (Å²) in [6.07, 6.45) is 0. The lowest BCUT2D eigenvalue weighted by Crippen LogP contribution is -2.48. The fourth-order valence-electron chi connectivity index (χ4n) is 3.99. The van der Waals surface area contributed by atoms with Gasteiger partial charge in [0.2, 0.25) is 11.7 Å². The van der Waals surface area contributed by atoms with Gasteiger partial charge in [0, 0.05) is 68.5 Å². The van der Waals surface area contributed by atoms with E-state index in [9.17, 15) is 4.79 Å². The molecule has 198 valence electrons. The number of likely N-dealkylation sites (N-methyl/N-ethyl adjacent to an activating group) is 1. The molecule has 1 aliphatic heterocycles. The fraction of sp³-hybridized carbons (Fsp3) is 0.440. The van der Waals surface area contributed by atoms with Crippen LogP contribution >= 0.6 is 11.8 Å². The summed E-state index contributed by atoms with van der Waals surface area (Å²) in [4.78, 5) is 29.0. The van der Waals surface area contributed by atoms with Crippen LogP contribution in [0.1, 0.15) is 12.6 Å². The first-order chi connectivity index (χ1) is 17.8. The third-order valence-electron chi connectivity index (χ3n) is 5.90. The Hall–Kier alpha value is -3.35. The second-order valence-electron chi connectivity index (χ2n) is 9.21. The van der Waals surface area contributed by atoms with Gasteiger partial charge in [0.25, 0.3) is 0 Å². The Morgan fingerprint density at radius 3 is 2.49 bits per heavy atom. The van der Waals surface area contributed by atoms with Gasteiger partial charge in [0.15, 0.2) is 22.6 Å². The average molecular weight is 526 g/mol. The minimum Gasteiger partial charge on any atom is -0.490 e. The van der Waals surface area contributed by atoms with Gasteiger partial charge in [-0.3, -0.25) is 14.8 Å². The van der Waals surface area contributed by atoms with E-state index in [0.29, 0.717) is 22.5 Å². The maximum Gasteiger partial charge on any atom is 0.221 e. The number of anilines is 4. The number of aromatic nitrogens is 4. The third kappa shape index (κ3) is 7.34. The topological polar surface area (TPSA) is 115 Å². The first kappa shape index (κ1) is 26.7. The van der Waals surface area contributed by atoms with Gasteiger partial charge >= 0.3 is 0 Å². The molecule has 3 heterocycles. The van der Waals surface area contributed by atoms with Crippen molar-refractivity contribution in [1.82, 2.24) is 30.0 Å². The number of carbonyl (C=O) groups excluding carboxylic acids is 1. The molecule has 0 bridgehead atoms. The highest BCUT2D eigenvalue weighted by Gasteiger charge is 2.25. The monoisotopic (exact) mass is 525 g/mol. The van der Waals surface area contributed by atoms with Gasteiger partial charge in [-0.15, -0.1) is 0 Å². The second-order valence-corrected chi connectivity index (χ2v) is 10.3. The van der Waals surface area contributed by atoms with Crippen LogP contribution in [0.5, 0.6) is 5.75 Å². The molecular weight excluding hydrogens is 490 g/mol. The van der Waals surface area contributed by atoms with Crippen LogP contribution in [-0.4, -0.2) is 96.3 Å². The zero-order valence-corrected chi connectivity index (χ0v) is 22.9. The summed E-state index contributed by atoms with van der Waals surface area (Å²) in [5.74, 6) is 2.47. The van der Waals surface area contributed by atoms with Crippen molar-refractivity contribution in [3.05, 3.63) is 36.0 Å². The second kappa shape index (κ2) is 12.3. The summed E-state index contributed by atoms with van der Waals surface area (Å²) >= 11 is 1.45. The van der Waals surface area contributed by atoms with E-state index in [0.717, 1.165) is 61.4 Å². The molecule has 0 saturated carbocycles. The first-order valence-corrected chi connectivity index (χ1v) is 13.0. The molecule has 4 rings (SSSR count). The van der Waals surface area contributed by atoms with Crippen LogP contribution in [0.3, 0.4) is 0 Å². The Balaban J connectivity index is 1.60. The normalized spacial score (nSPS) is 14.2. The molecule has 11 nitrogen and oxygen atoms in total. The van der Waals surface area contributed by atoms with Gasteiger partial charge in [-0.25, -0.2) is 9.97 Å².